The SMILES string of the molecule is Cc1cc(C(F)(F)F)cc(CN)c1Br. The summed E-state index contributed by atoms with van der Waals surface area (Å²) in [6.07, 6.45) is -4.31. The van der Waals surface area contributed by atoms with Gasteiger partial charge in [0, 0.05) is 11.0 Å². The Morgan fingerprint density at radius 1 is 1.36 bits per heavy atom. The van der Waals surface area contributed by atoms with Gasteiger partial charge in [-0.05, 0) is 30.2 Å². The molecule has 0 bridgehead atoms. The maximum atomic E-state index is 12.4. The zero-order chi connectivity index (χ0) is 10.9. The van der Waals surface area contributed by atoms with Crippen molar-refractivity contribution in [2.24, 2.45) is 5.73 Å². The highest BCUT2D eigenvalue weighted by atomic mass is 79.9. The molecule has 1 nitrogen and oxygen atoms in total. The lowest BCUT2D eigenvalue weighted by atomic mass is 10.1. The lowest BCUT2D eigenvalue weighted by Crippen LogP contribution is -2.08. The zero-order valence-electron chi connectivity index (χ0n) is 7.45. The Morgan fingerprint density at radius 3 is 2.36 bits per heavy atom. The summed E-state index contributed by atoms with van der Waals surface area (Å²) < 4.78 is 37.7. The summed E-state index contributed by atoms with van der Waals surface area (Å²) in [5.74, 6) is 0. The molecule has 78 valence electrons. The summed E-state index contributed by atoms with van der Waals surface area (Å²) in [5.41, 5.74) is 5.69. The molecule has 14 heavy (non-hydrogen) atoms. The molecule has 1 aromatic carbocycles. The van der Waals surface area contributed by atoms with Gasteiger partial charge in [0.25, 0.3) is 0 Å². The number of alkyl halides is 3. The molecule has 5 heteroatoms. The molecule has 1 aromatic rings. The van der Waals surface area contributed by atoms with E-state index >= 15 is 0 Å². The van der Waals surface area contributed by atoms with E-state index in [4.69, 9.17) is 5.73 Å². The predicted molar refractivity (Wildman–Crippen MR) is 51.8 cm³/mol. The van der Waals surface area contributed by atoms with Crippen molar-refractivity contribution in [3.8, 4) is 0 Å². The van der Waals surface area contributed by atoms with Gasteiger partial charge in [-0.2, -0.15) is 13.2 Å². The summed E-state index contributed by atoms with van der Waals surface area (Å²) >= 11 is 3.19. The minimum Gasteiger partial charge on any atom is -0.326 e. The van der Waals surface area contributed by atoms with Crippen molar-refractivity contribution < 1.29 is 13.2 Å². The van der Waals surface area contributed by atoms with Crippen LogP contribution < -0.4 is 5.73 Å². The van der Waals surface area contributed by atoms with E-state index in [-0.39, 0.29) is 6.54 Å². The van der Waals surface area contributed by atoms with Crippen molar-refractivity contribution in [3.05, 3.63) is 33.3 Å². The molecule has 0 spiro atoms. The van der Waals surface area contributed by atoms with Gasteiger partial charge in [-0.1, -0.05) is 15.9 Å². The number of aryl methyl sites for hydroxylation is 1. The van der Waals surface area contributed by atoms with Gasteiger partial charge in [-0.3, -0.25) is 0 Å². The second-order valence-electron chi connectivity index (χ2n) is 2.97. The molecule has 0 radical (unpaired) electrons. The topological polar surface area (TPSA) is 26.0 Å². The third kappa shape index (κ3) is 2.27. The van der Waals surface area contributed by atoms with Crippen LogP contribution in [0.4, 0.5) is 13.2 Å². The molecule has 0 heterocycles. The van der Waals surface area contributed by atoms with E-state index in [9.17, 15) is 13.2 Å². The number of hydrogen-bond donors (Lipinski definition) is 1. The van der Waals surface area contributed by atoms with Gasteiger partial charge in [0.1, 0.15) is 0 Å². The Bertz CT molecular complexity index is 347. The van der Waals surface area contributed by atoms with Crippen molar-refractivity contribution in [2.75, 3.05) is 0 Å². The molecule has 0 aliphatic rings. The quantitative estimate of drug-likeness (QED) is 0.831. The molecule has 1 rings (SSSR count). The number of hydrogen-bond acceptors (Lipinski definition) is 1. The van der Waals surface area contributed by atoms with Crippen molar-refractivity contribution in [3.63, 3.8) is 0 Å². The smallest absolute Gasteiger partial charge is 0.326 e. The van der Waals surface area contributed by atoms with Gasteiger partial charge in [0.05, 0.1) is 5.56 Å². The second-order valence-corrected chi connectivity index (χ2v) is 3.76. The van der Waals surface area contributed by atoms with Gasteiger partial charge < -0.3 is 5.73 Å². The van der Waals surface area contributed by atoms with Crippen molar-refractivity contribution in [1.82, 2.24) is 0 Å². The van der Waals surface area contributed by atoms with E-state index in [2.05, 4.69) is 15.9 Å². The van der Waals surface area contributed by atoms with E-state index in [1.807, 2.05) is 0 Å². The number of benzene rings is 1. The molecule has 0 saturated heterocycles. The highest BCUT2D eigenvalue weighted by molar-refractivity contribution is 9.10. The number of rotatable bonds is 1. The number of halogens is 4. The lowest BCUT2D eigenvalue weighted by Gasteiger charge is -2.11. The standard InChI is InChI=1S/C9H9BrF3N/c1-5-2-7(9(11,12)13)3-6(4-14)8(5)10/h2-3H,4,14H2,1H3. The van der Waals surface area contributed by atoms with E-state index in [0.29, 0.717) is 15.6 Å². The lowest BCUT2D eigenvalue weighted by molar-refractivity contribution is -0.137. The molecule has 0 fully saturated rings. The molecule has 0 atom stereocenters. The van der Waals surface area contributed by atoms with Crippen LogP contribution in [0.5, 0.6) is 0 Å². The predicted octanol–water partition coefficient (Wildman–Crippen LogP) is 3.24. The van der Waals surface area contributed by atoms with Crippen LogP contribution in [0.15, 0.2) is 16.6 Å². The first-order valence-corrected chi connectivity index (χ1v) is 4.72. The monoisotopic (exact) mass is 267 g/mol. The molecule has 0 aliphatic heterocycles. The molecule has 0 unspecified atom stereocenters. The molecular weight excluding hydrogens is 259 g/mol. The van der Waals surface area contributed by atoms with Crippen LogP contribution in [0.2, 0.25) is 0 Å². The second kappa shape index (κ2) is 3.90. The molecule has 0 aliphatic carbocycles. The Balaban J connectivity index is 3.30. The van der Waals surface area contributed by atoms with Crippen LogP contribution in [0.25, 0.3) is 0 Å². The van der Waals surface area contributed by atoms with Gasteiger partial charge in [-0.15, -0.1) is 0 Å². The number of nitrogens with two attached hydrogens (primary N) is 1. The summed E-state index contributed by atoms with van der Waals surface area (Å²) in [4.78, 5) is 0. The van der Waals surface area contributed by atoms with E-state index in [0.717, 1.165) is 12.1 Å². The first kappa shape index (κ1) is 11.5. The maximum Gasteiger partial charge on any atom is 0.416 e. The van der Waals surface area contributed by atoms with Crippen LogP contribution in [-0.2, 0) is 12.7 Å². The maximum absolute atomic E-state index is 12.4. The van der Waals surface area contributed by atoms with Crippen molar-refractivity contribution >= 4 is 15.9 Å². The first-order valence-electron chi connectivity index (χ1n) is 3.92. The third-order valence-electron chi connectivity index (χ3n) is 1.88. The average molecular weight is 268 g/mol. The third-order valence-corrected chi connectivity index (χ3v) is 3.01. The summed E-state index contributed by atoms with van der Waals surface area (Å²) in [7, 11) is 0. The molecular formula is C9H9BrF3N. The largest absolute Gasteiger partial charge is 0.416 e. The fraction of sp³-hybridized carbons (Fsp3) is 0.333. The van der Waals surface area contributed by atoms with Gasteiger partial charge in [-0.25, -0.2) is 0 Å². The van der Waals surface area contributed by atoms with Gasteiger partial charge in [0.2, 0.25) is 0 Å². The fourth-order valence-corrected chi connectivity index (χ4v) is 1.55. The van der Waals surface area contributed by atoms with Crippen molar-refractivity contribution in [2.45, 2.75) is 19.6 Å². The summed E-state index contributed by atoms with van der Waals surface area (Å²) in [5, 5.41) is 0. The summed E-state index contributed by atoms with van der Waals surface area (Å²) in [6, 6.07) is 2.17. The highest BCUT2D eigenvalue weighted by Crippen LogP contribution is 2.33. The van der Waals surface area contributed by atoms with Crippen LogP contribution in [-0.4, -0.2) is 0 Å². The zero-order valence-corrected chi connectivity index (χ0v) is 9.04. The Hall–Kier alpha value is -0.550. The minimum absolute atomic E-state index is 0.0886. The van der Waals surface area contributed by atoms with E-state index < -0.39 is 11.7 Å². The Labute approximate surface area is 88.2 Å². The molecule has 0 amide bonds. The van der Waals surface area contributed by atoms with Gasteiger partial charge in [0.15, 0.2) is 0 Å². The average Bonchev–Trinajstić information content (AvgIpc) is 2.07. The van der Waals surface area contributed by atoms with Crippen molar-refractivity contribution in [1.29, 1.82) is 0 Å². The van der Waals surface area contributed by atoms with Gasteiger partial charge >= 0.3 is 6.18 Å². The molecule has 0 aromatic heterocycles. The Morgan fingerprint density at radius 2 is 1.93 bits per heavy atom. The first-order chi connectivity index (χ1) is 6.36. The minimum atomic E-state index is -4.31. The van der Waals surface area contributed by atoms with Crippen LogP contribution in [0.1, 0.15) is 16.7 Å². The summed E-state index contributed by atoms with van der Waals surface area (Å²) in [6.45, 7) is 1.70. The molecule has 0 saturated carbocycles. The normalized spacial score (nSPS) is 11.9. The highest BCUT2D eigenvalue weighted by Gasteiger charge is 2.31. The van der Waals surface area contributed by atoms with E-state index in [1.54, 1.807) is 6.92 Å². The van der Waals surface area contributed by atoms with E-state index in [1.165, 1.54) is 0 Å². The molecule has 2 N–H and O–H groups in total. The van der Waals surface area contributed by atoms with Crippen LogP contribution >= 0.6 is 15.9 Å². The fourth-order valence-electron chi connectivity index (χ4n) is 1.15. The Kier molecular flexibility index (Phi) is 3.21. The van der Waals surface area contributed by atoms with Crippen LogP contribution in [0, 0.1) is 6.92 Å². The van der Waals surface area contributed by atoms with Crippen LogP contribution in [0.3, 0.4) is 0 Å².